The maximum atomic E-state index is 11.2. The summed E-state index contributed by atoms with van der Waals surface area (Å²) in [6.07, 6.45) is 1.48. The van der Waals surface area contributed by atoms with Crippen LogP contribution in [0.1, 0.15) is 19.8 Å². The Morgan fingerprint density at radius 2 is 2.14 bits per heavy atom. The molecule has 1 rings (SSSR count). The molecule has 21 heavy (non-hydrogen) atoms. The number of aliphatic hydroxyl groups is 1. The second-order valence-corrected chi connectivity index (χ2v) is 4.37. The Kier molecular flexibility index (Phi) is 8.15. The molecule has 0 aliphatic rings. The van der Waals surface area contributed by atoms with E-state index in [1.807, 2.05) is 6.92 Å². The summed E-state index contributed by atoms with van der Waals surface area (Å²) in [5.74, 6) is 0.281. The van der Waals surface area contributed by atoms with Crippen LogP contribution in [0.5, 0.6) is 5.75 Å². The molecular weight excluding hydrogens is 276 g/mol. The number of aliphatic hydroxyl groups excluding tert-OH is 1. The summed E-state index contributed by atoms with van der Waals surface area (Å²) in [7, 11) is 0. The molecule has 7 heteroatoms. The summed E-state index contributed by atoms with van der Waals surface area (Å²) in [6.45, 7) is 3.73. The maximum absolute atomic E-state index is 11.2. The smallest absolute Gasteiger partial charge is 0.333 e. The normalized spacial score (nSPS) is 10.4. The van der Waals surface area contributed by atoms with Gasteiger partial charge in [-0.2, -0.15) is 0 Å². The van der Waals surface area contributed by atoms with Crippen molar-refractivity contribution in [2.45, 2.75) is 19.8 Å². The van der Waals surface area contributed by atoms with Gasteiger partial charge in [-0.3, -0.25) is 10.1 Å². The van der Waals surface area contributed by atoms with Crippen LogP contribution < -0.4 is 10.1 Å². The van der Waals surface area contributed by atoms with E-state index in [4.69, 9.17) is 14.6 Å². The summed E-state index contributed by atoms with van der Waals surface area (Å²) in [5, 5.41) is 22.8. The highest BCUT2D eigenvalue weighted by molar-refractivity contribution is 5.68. The van der Waals surface area contributed by atoms with Crippen LogP contribution in [0.3, 0.4) is 0 Å². The van der Waals surface area contributed by atoms with Crippen molar-refractivity contribution in [2.75, 3.05) is 38.3 Å². The number of hydrogen-bond acceptors (Lipinski definition) is 6. The number of nitrogens with one attached hydrogen (secondary N) is 1. The molecule has 118 valence electrons. The van der Waals surface area contributed by atoms with Crippen molar-refractivity contribution < 1.29 is 19.5 Å². The van der Waals surface area contributed by atoms with Crippen LogP contribution in [-0.2, 0) is 4.74 Å². The zero-order valence-corrected chi connectivity index (χ0v) is 12.2. The molecule has 0 amide bonds. The highest BCUT2D eigenvalue weighted by atomic mass is 16.6. The molecule has 0 aliphatic heterocycles. The molecule has 0 spiro atoms. The van der Waals surface area contributed by atoms with E-state index in [-0.39, 0.29) is 18.0 Å². The van der Waals surface area contributed by atoms with Crippen LogP contribution in [0, 0.1) is 10.1 Å². The lowest BCUT2D eigenvalue weighted by atomic mass is 10.2. The second-order valence-electron chi connectivity index (χ2n) is 4.37. The standard InChI is InChI=1S/C14H22N2O5/c1-2-9-21-13-6-3-5-12(14(13)16(18)19)15-7-4-10-20-11-8-17/h3,5-6,15,17H,2,4,7-11H2,1H3. The van der Waals surface area contributed by atoms with Crippen LogP contribution >= 0.6 is 0 Å². The van der Waals surface area contributed by atoms with E-state index in [0.29, 0.717) is 38.5 Å². The Balaban J connectivity index is 2.61. The molecule has 7 nitrogen and oxygen atoms in total. The Hall–Kier alpha value is -1.86. The second kappa shape index (κ2) is 9.95. The first-order chi connectivity index (χ1) is 10.2. The zero-order chi connectivity index (χ0) is 15.5. The number of nitro benzene ring substituents is 1. The fraction of sp³-hybridized carbons (Fsp3) is 0.571. The van der Waals surface area contributed by atoms with E-state index < -0.39 is 4.92 Å². The maximum Gasteiger partial charge on any atom is 0.333 e. The molecule has 0 radical (unpaired) electrons. The predicted octanol–water partition coefficient (Wildman–Crippen LogP) is 2.19. The topological polar surface area (TPSA) is 93.9 Å². The lowest BCUT2D eigenvalue weighted by Gasteiger charge is -2.11. The van der Waals surface area contributed by atoms with Crippen LogP contribution in [0.25, 0.3) is 0 Å². The van der Waals surface area contributed by atoms with Gasteiger partial charge in [0.1, 0.15) is 5.69 Å². The minimum atomic E-state index is -0.435. The molecule has 0 heterocycles. The lowest BCUT2D eigenvalue weighted by molar-refractivity contribution is -0.385. The number of hydrogen-bond donors (Lipinski definition) is 2. The molecule has 0 aliphatic carbocycles. The molecule has 0 bridgehead atoms. The number of rotatable bonds is 11. The van der Waals surface area contributed by atoms with E-state index in [2.05, 4.69) is 5.32 Å². The Bertz CT molecular complexity index is 439. The van der Waals surface area contributed by atoms with Gasteiger partial charge < -0.3 is 19.9 Å². The number of nitro groups is 1. The van der Waals surface area contributed by atoms with Gasteiger partial charge in [-0.1, -0.05) is 13.0 Å². The van der Waals surface area contributed by atoms with Crippen LogP contribution in [0.2, 0.25) is 0 Å². The summed E-state index contributed by atoms with van der Waals surface area (Å²) in [6, 6.07) is 4.98. The first-order valence-electron chi connectivity index (χ1n) is 7.03. The highest BCUT2D eigenvalue weighted by Gasteiger charge is 2.20. The molecule has 0 aromatic heterocycles. The van der Waals surface area contributed by atoms with Crippen molar-refractivity contribution in [1.82, 2.24) is 0 Å². The number of anilines is 1. The van der Waals surface area contributed by atoms with Gasteiger partial charge in [-0.05, 0) is 25.0 Å². The Labute approximate surface area is 124 Å². The fourth-order valence-corrected chi connectivity index (χ4v) is 1.75. The van der Waals surface area contributed by atoms with Crippen molar-refractivity contribution in [3.05, 3.63) is 28.3 Å². The third-order valence-electron chi connectivity index (χ3n) is 2.66. The minimum absolute atomic E-state index is 0.00425. The molecule has 2 N–H and O–H groups in total. The Morgan fingerprint density at radius 3 is 2.81 bits per heavy atom. The van der Waals surface area contributed by atoms with Gasteiger partial charge in [0.25, 0.3) is 0 Å². The van der Waals surface area contributed by atoms with E-state index >= 15 is 0 Å². The first kappa shape index (κ1) is 17.2. The molecule has 0 atom stereocenters. The summed E-state index contributed by atoms with van der Waals surface area (Å²) >= 11 is 0. The van der Waals surface area contributed by atoms with Crippen molar-refractivity contribution >= 4 is 11.4 Å². The summed E-state index contributed by atoms with van der Waals surface area (Å²) < 4.78 is 10.5. The molecule has 0 fully saturated rings. The van der Waals surface area contributed by atoms with Crippen molar-refractivity contribution in [1.29, 1.82) is 0 Å². The van der Waals surface area contributed by atoms with E-state index in [0.717, 1.165) is 6.42 Å². The third kappa shape index (κ3) is 5.97. The SMILES string of the molecule is CCCOc1cccc(NCCCOCCO)c1[N+](=O)[O-]. The van der Waals surface area contributed by atoms with Gasteiger partial charge in [0.05, 0.1) is 24.7 Å². The molecule has 1 aromatic carbocycles. The van der Waals surface area contributed by atoms with Gasteiger partial charge in [-0.15, -0.1) is 0 Å². The molecule has 0 saturated carbocycles. The number of ether oxygens (including phenoxy) is 2. The third-order valence-corrected chi connectivity index (χ3v) is 2.66. The molecule has 0 unspecified atom stereocenters. The van der Waals surface area contributed by atoms with Crippen molar-refractivity contribution in [2.24, 2.45) is 0 Å². The number of nitrogens with zero attached hydrogens (tertiary/aromatic N) is 1. The van der Waals surface area contributed by atoms with Crippen molar-refractivity contribution in [3.63, 3.8) is 0 Å². The predicted molar refractivity (Wildman–Crippen MR) is 79.9 cm³/mol. The quantitative estimate of drug-likeness (QED) is 0.369. The zero-order valence-electron chi connectivity index (χ0n) is 12.2. The van der Waals surface area contributed by atoms with E-state index in [1.54, 1.807) is 18.2 Å². The number of benzene rings is 1. The van der Waals surface area contributed by atoms with Gasteiger partial charge in [0.2, 0.25) is 0 Å². The monoisotopic (exact) mass is 298 g/mol. The van der Waals surface area contributed by atoms with Gasteiger partial charge in [0.15, 0.2) is 5.75 Å². The summed E-state index contributed by atoms with van der Waals surface area (Å²) in [5.41, 5.74) is 0.401. The molecule has 1 aromatic rings. The average Bonchev–Trinajstić information content (AvgIpc) is 2.48. The van der Waals surface area contributed by atoms with Gasteiger partial charge in [-0.25, -0.2) is 0 Å². The van der Waals surface area contributed by atoms with Gasteiger partial charge in [0, 0.05) is 13.2 Å². The largest absolute Gasteiger partial charge is 0.487 e. The van der Waals surface area contributed by atoms with E-state index in [9.17, 15) is 10.1 Å². The van der Waals surface area contributed by atoms with Crippen LogP contribution in [-0.4, -0.2) is 43.0 Å². The highest BCUT2D eigenvalue weighted by Crippen LogP contribution is 2.34. The van der Waals surface area contributed by atoms with Crippen molar-refractivity contribution in [3.8, 4) is 5.75 Å². The van der Waals surface area contributed by atoms with Gasteiger partial charge >= 0.3 is 5.69 Å². The fourth-order valence-electron chi connectivity index (χ4n) is 1.75. The van der Waals surface area contributed by atoms with Crippen LogP contribution in [0.15, 0.2) is 18.2 Å². The average molecular weight is 298 g/mol. The lowest BCUT2D eigenvalue weighted by Crippen LogP contribution is -2.09. The first-order valence-corrected chi connectivity index (χ1v) is 7.03. The minimum Gasteiger partial charge on any atom is -0.487 e. The Morgan fingerprint density at radius 1 is 1.33 bits per heavy atom. The number of para-hydroxylation sites is 1. The van der Waals surface area contributed by atoms with Crippen LogP contribution in [0.4, 0.5) is 11.4 Å². The molecule has 0 saturated heterocycles. The summed E-state index contributed by atoms with van der Waals surface area (Å²) in [4.78, 5) is 10.8. The van der Waals surface area contributed by atoms with E-state index in [1.165, 1.54) is 0 Å². The molecular formula is C14H22N2O5.